The first-order chi connectivity index (χ1) is 9.08. The Bertz CT molecular complexity index is 470. The van der Waals surface area contributed by atoms with Gasteiger partial charge in [0, 0.05) is 11.3 Å². The largest absolute Gasteiger partial charge is 0.478 e. The molecule has 19 heavy (non-hydrogen) atoms. The van der Waals surface area contributed by atoms with Crippen molar-refractivity contribution in [3.8, 4) is 0 Å². The number of carboxylic acids is 1. The van der Waals surface area contributed by atoms with Gasteiger partial charge in [0.25, 0.3) is 0 Å². The van der Waals surface area contributed by atoms with Crippen molar-refractivity contribution in [3.05, 3.63) is 22.8 Å². The molecule has 1 aromatic heterocycles. The number of pyridine rings is 1. The Hall–Kier alpha value is -0.940. The molecule has 1 heterocycles. The summed E-state index contributed by atoms with van der Waals surface area (Å²) < 4.78 is 0. The highest BCUT2D eigenvalue weighted by Gasteiger charge is 2.21. The lowest BCUT2D eigenvalue weighted by Gasteiger charge is -2.29. The Morgan fingerprint density at radius 2 is 2.32 bits per heavy atom. The number of anilines is 1. The SMILES string of the molecule is CSC1CCCC(Nc2cc(C(=O)O)cc(Cl)n2)C1. The van der Waals surface area contributed by atoms with E-state index in [0.717, 1.165) is 12.8 Å². The number of aromatic nitrogens is 1. The molecule has 1 fully saturated rings. The maximum absolute atomic E-state index is 11.0. The fourth-order valence-corrected chi connectivity index (χ4v) is 3.43. The van der Waals surface area contributed by atoms with E-state index in [4.69, 9.17) is 16.7 Å². The van der Waals surface area contributed by atoms with Crippen LogP contribution in [0.4, 0.5) is 5.82 Å². The Labute approximate surface area is 121 Å². The smallest absolute Gasteiger partial charge is 0.335 e. The number of carbonyl (C=O) groups is 1. The molecule has 2 N–H and O–H groups in total. The lowest BCUT2D eigenvalue weighted by Crippen LogP contribution is -2.29. The molecule has 2 atom stereocenters. The van der Waals surface area contributed by atoms with Crippen LogP contribution in [0.2, 0.25) is 5.15 Å². The zero-order valence-corrected chi connectivity index (χ0v) is 12.3. The summed E-state index contributed by atoms with van der Waals surface area (Å²) in [5.41, 5.74) is 0.166. The van der Waals surface area contributed by atoms with Crippen LogP contribution in [0, 0.1) is 0 Å². The second-order valence-corrected chi connectivity index (χ2v) is 6.26. The molecule has 0 aliphatic heterocycles. The normalized spacial score (nSPS) is 23.1. The minimum atomic E-state index is -0.988. The van der Waals surface area contributed by atoms with Crippen LogP contribution in [0.15, 0.2) is 12.1 Å². The summed E-state index contributed by atoms with van der Waals surface area (Å²) in [5.74, 6) is -0.436. The van der Waals surface area contributed by atoms with Crippen LogP contribution in [0.1, 0.15) is 36.0 Å². The Morgan fingerprint density at radius 1 is 1.53 bits per heavy atom. The molecule has 0 saturated heterocycles. The van der Waals surface area contributed by atoms with Crippen LogP contribution >= 0.6 is 23.4 Å². The molecule has 0 bridgehead atoms. The molecule has 0 amide bonds. The van der Waals surface area contributed by atoms with Crippen molar-refractivity contribution < 1.29 is 9.90 Å². The number of carboxylic acid groups (broad SMARTS) is 1. The fourth-order valence-electron chi connectivity index (χ4n) is 2.39. The average Bonchev–Trinajstić information content (AvgIpc) is 2.38. The van der Waals surface area contributed by atoms with Crippen molar-refractivity contribution in [3.63, 3.8) is 0 Å². The van der Waals surface area contributed by atoms with Gasteiger partial charge in [-0.3, -0.25) is 0 Å². The first-order valence-corrected chi connectivity index (χ1v) is 7.95. The van der Waals surface area contributed by atoms with Crippen molar-refractivity contribution in [2.24, 2.45) is 0 Å². The zero-order valence-electron chi connectivity index (χ0n) is 10.7. The van der Waals surface area contributed by atoms with Crippen LogP contribution < -0.4 is 5.32 Å². The van der Waals surface area contributed by atoms with Gasteiger partial charge in [-0.25, -0.2) is 9.78 Å². The molecule has 6 heteroatoms. The molecule has 1 aliphatic carbocycles. The molecule has 1 aliphatic rings. The first kappa shape index (κ1) is 14.5. The van der Waals surface area contributed by atoms with Crippen molar-refractivity contribution in [2.45, 2.75) is 37.0 Å². The van der Waals surface area contributed by atoms with Gasteiger partial charge in [0.1, 0.15) is 11.0 Å². The van der Waals surface area contributed by atoms with Gasteiger partial charge in [0.2, 0.25) is 0 Å². The second kappa shape index (κ2) is 6.48. The maximum Gasteiger partial charge on any atom is 0.335 e. The molecule has 0 radical (unpaired) electrons. The van der Waals surface area contributed by atoms with E-state index in [9.17, 15) is 4.79 Å². The highest BCUT2D eigenvalue weighted by atomic mass is 35.5. The van der Waals surface area contributed by atoms with Crippen molar-refractivity contribution >= 4 is 35.1 Å². The van der Waals surface area contributed by atoms with Crippen molar-refractivity contribution in [2.75, 3.05) is 11.6 Å². The molecule has 0 aromatic carbocycles. The number of nitrogens with one attached hydrogen (secondary N) is 1. The Balaban J connectivity index is 2.08. The van der Waals surface area contributed by atoms with E-state index in [-0.39, 0.29) is 10.7 Å². The van der Waals surface area contributed by atoms with Gasteiger partial charge in [0.05, 0.1) is 5.56 Å². The van der Waals surface area contributed by atoms with E-state index < -0.39 is 5.97 Å². The number of hydrogen-bond acceptors (Lipinski definition) is 4. The number of nitrogens with zero attached hydrogens (tertiary/aromatic N) is 1. The third-order valence-electron chi connectivity index (χ3n) is 3.35. The molecule has 2 unspecified atom stereocenters. The number of thioether (sulfide) groups is 1. The summed E-state index contributed by atoms with van der Waals surface area (Å²) in [7, 11) is 0. The summed E-state index contributed by atoms with van der Waals surface area (Å²) in [6.45, 7) is 0. The fraction of sp³-hybridized carbons (Fsp3) is 0.538. The van der Waals surface area contributed by atoms with E-state index in [1.807, 2.05) is 11.8 Å². The van der Waals surface area contributed by atoms with Crippen molar-refractivity contribution in [1.82, 2.24) is 4.98 Å². The molecular weight excluding hydrogens is 284 g/mol. The van der Waals surface area contributed by atoms with E-state index in [0.29, 0.717) is 17.1 Å². The van der Waals surface area contributed by atoms with Crippen LogP contribution in [-0.2, 0) is 0 Å². The molecule has 0 spiro atoms. The van der Waals surface area contributed by atoms with Gasteiger partial charge in [-0.2, -0.15) is 11.8 Å². The van der Waals surface area contributed by atoms with Crippen LogP contribution in [0.3, 0.4) is 0 Å². The molecule has 1 saturated carbocycles. The van der Waals surface area contributed by atoms with E-state index in [1.165, 1.54) is 25.0 Å². The third-order valence-corrected chi connectivity index (χ3v) is 4.64. The minimum absolute atomic E-state index is 0.166. The number of rotatable bonds is 4. The monoisotopic (exact) mass is 300 g/mol. The minimum Gasteiger partial charge on any atom is -0.478 e. The van der Waals surface area contributed by atoms with Crippen LogP contribution in [-0.4, -0.2) is 33.6 Å². The number of hydrogen-bond donors (Lipinski definition) is 2. The zero-order chi connectivity index (χ0) is 13.8. The number of halogens is 1. The third kappa shape index (κ3) is 4.01. The van der Waals surface area contributed by atoms with Gasteiger partial charge >= 0.3 is 5.97 Å². The average molecular weight is 301 g/mol. The van der Waals surface area contributed by atoms with Gasteiger partial charge in [-0.05, 0) is 37.7 Å². The summed E-state index contributed by atoms with van der Waals surface area (Å²) >= 11 is 7.74. The second-order valence-electron chi connectivity index (χ2n) is 4.73. The summed E-state index contributed by atoms with van der Waals surface area (Å²) in [5, 5.41) is 13.2. The molecule has 1 aromatic rings. The van der Waals surface area contributed by atoms with Crippen LogP contribution in [0.25, 0.3) is 0 Å². The lowest BCUT2D eigenvalue weighted by molar-refractivity contribution is 0.0697. The van der Waals surface area contributed by atoms with Gasteiger partial charge in [-0.15, -0.1) is 0 Å². The Kier molecular flexibility index (Phi) is 4.93. The highest BCUT2D eigenvalue weighted by Crippen LogP contribution is 2.29. The highest BCUT2D eigenvalue weighted by molar-refractivity contribution is 7.99. The summed E-state index contributed by atoms with van der Waals surface area (Å²) in [6, 6.07) is 3.25. The van der Waals surface area contributed by atoms with Crippen molar-refractivity contribution in [1.29, 1.82) is 0 Å². The number of aromatic carboxylic acids is 1. The summed E-state index contributed by atoms with van der Waals surface area (Å²) in [6.07, 6.45) is 6.75. The molecule has 104 valence electrons. The van der Waals surface area contributed by atoms with Gasteiger partial charge in [0.15, 0.2) is 0 Å². The van der Waals surface area contributed by atoms with Gasteiger partial charge in [-0.1, -0.05) is 18.0 Å². The first-order valence-electron chi connectivity index (χ1n) is 6.28. The van der Waals surface area contributed by atoms with E-state index >= 15 is 0 Å². The predicted molar refractivity (Wildman–Crippen MR) is 79.4 cm³/mol. The predicted octanol–water partition coefficient (Wildman–Crippen LogP) is 3.52. The van der Waals surface area contributed by atoms with Gasteiger partial charge < -0.3 is 10.4 Å². The van der Waals surface area contributed by atoms with Crippen LogP contribution in [0.5, 0.6) is 0 Å². The quantitative estimate of drug-likeness (QED) is 0.833. The Morgan fingerprint density at radius 3 is 3.00 bits per heavy atom. The summed E-state index contributed by atoms with van der Waals surface area (Å²) in [4.78, 5) is 15.1. The molecular formula is C13H17ClN2O2S. The maximum atomic E-state index is 11.0. The molecule has 2 rings (SSSR count). The lowest BCUT2D eigenvalue weighted by atomic mass is 9.95. The standard InChI is InChI=1S/C13H17ClN2O2S/c1-19-10-4-2-3-9(7-10)15-12-6-8(13(17)18)5-11(14)16-12/h5-6,9-10H,2-4,7H2,1H3,(H,15,16)(H,17,18). The topological polar surface area (TPSA) is 62.2 Å². The van der Waals surface area contributed by atoms with E-state index in [2.05, 4.69) is 16.6 Å². The molecule has 4 nitrogen and oxygen atoms in total. The van der Waals surface area contributed by atoms with E-state index in [1.54, 1.807) is 0 Å².